The van der Waals surface area contributed by atoms with E-state index in [1.165, 1.54) is 18.9 Å². The largest absolute Gasteiger partial charge is 0.495 e. The van der Waals surface area contributed by atoms with E-state index < -0.39 is 11.8 Å². The number of furan rings is 1. The number of aryl methyl sites for hydroxylation is 2. The van der Waals surface area contributed by atoms with Gasteiger partial charge in [-0.15, -0.1) is 0 Å². The summed E-state index contributed by atoms with van der Waals surface area (Å²) < 4.78 is 11.3. The summed E-state index contributed by atoms with van der Waals surface area (Å²) in [6, 6.07) is 20.4. The Labute approximate surface area is 225 Å². The summed E-state index contributed by atoms with van der Waals surface area (Å²) >= 11 is 1.20. The fourth-order valence-corrected chi connectivity index (χ4v) is 5.09. The summed E-state index contributed by atoms with van der Waals surface area (Å²) in [5.41, 5.74) is 3.39. The maximum Gasteiger partial charge on any atom is 0.254 e. The number of para-hydroxylation sites is 3. The molecular weight excluding hydrogens is 500 g/mol. The van der Waals surface area contributed by atoms with Gasteiger partial charge in [0.15, 0.2) is 0 Å². The van der Waals surface area contributed by atoms with Crippen molar-refractivity contribution in [2.24, 2.45) is 0 Å². The normalized spacial score (nSPS) is 15.0. The van der Waals surface area contributed by atoms with Crippen LogP contribution in [0.3, 0.4) is 0 Å². The van der Waals surface area contributed by atoms with Crippen molar-refractivity contribution < 1.29 is 18.7 Å². The van der Waals surface area contributed by atoms with Crippen molar-refractivity contribution in [1.82, 2.24) is 5.32 Å². The molecule has 2 aromatic carbocycles. The molecule has 1 aliphatic heterocycles. The first-order valence-corrected chi connectivity index (χ1v) is 12.9. The van der Waals surface area contributed by atoms with Crippen LogP contribution in [0.5, 0.6) is 5.75 Å². The number of hydrogen-bond acceptors (Lipinski definition) is 7. The number of allylic oxidation sites excluding steroid dienone is 2. The van der Waals surface area contributed by atoms with Crippen molar-refractivity contribution in [3.63, 3.8) is 0 Å². The Morgan fingerprint density at radius 2 is 1.74 bits per heavy atom. The summed E-state index contributed by atoms with van der Waals surface area (Å²) in [5, 5.41) is 19.7. The van der Waals surface area contributed by atoms with Crippen LogP contribution < -0.4 is 20.7 Å². The summed E-state index contributed by atoms with van der Waals surface area (Å²) in [6.07, 6.45) is 0. The van der Waals surface area contributed by atoms with Crippen molar-refractivity contribution in [1.29, 1.82) is 5.26 Å². The van der Waals surface area contributed by atoms with Gasteiger partial charge in [0.2, 0.25) is 5.91 Å². The minimum Gasteiger partial charge on any atom is -0.495 e. The molecule has 1 atom stereocenters. The van der Waals surface area contributed by atoms with Crippen molar-refractivity contribution in [2.45, 2.75) is 26.7 Å². The number of ether oxygens (including phenoxy) is 1. The predicted octanol–water partition coefficient (Wildman–Crippen LogP) is 5.61. The van der Waals surface area contributed by atoms with E-state index in [2.05, 4.69) is 22.0 Å². The number of dihydropyridines is 1. The van der Waals surface area contributed by atoms with Crippen molar-refractivity contribution >= 4 is 35.0 Å². The first-order chi connectivity index (χ1) is 18.3. The molecule has 1 aromatic heterocycles. The van der Waals surface area contributed by atoms with E-state index in [-0.39, 0.29) is 11.7 Å². The standard InChI is InChI=1S/C29H28N4O4S/c1-17-9-5-6-10-21(17)32-25(34)16-38-29-20(15-30)27(24-14-13-18(2)37-24)26(19(3)31-29)28(35)33-22-11-7-8-12-23(22)36-4/h5-14,27,31H,16H2,1-4H3,(H,32,34)(H,33,35)/t27-/m0/s1. The summed E-state index contributed by atoms with van der Waals surface area (Å²) in [4.78, 5) is 26.3. The Morgan fingerprint density at radius 1 is 1.03 bits per heavy atom. The number of thioether (sulfide) groups is 1. The molecular formula is C29H28N4O4S. The highest BCUT2D eigenvalue weighted by Gasteiger charge is 2.37. The molecule has 0 aliphatic carbocycles. The monoisotopic (exact) mass is 528 g/mol. The van der Waals surface area contributed by atoms with Gasteiger partial charge in [0.25, 0.3) is 5.91 Å². The maximum atomic E-state index is 13.6. The van der Waals surface area contributed by atoms with Crippen LogP contribution in [0.2, 0.25) is 0 Å². The maximum absolute atomic E-state index is 13.6. The van der Waals surface area contributed by atoms with E-state index >= 15 is 0 Å². The Hall–Kier alpha value is -4.42. The number of hydrogen-bond donors (Lipinski definition) is 3. The molecule has 8 nitrogen and oxygen atoms in total. The molecule has 9 heteroatoms. The van der Waals surface area contributed by atoms with E-state index in [9.17, 15) is 14.9 Å². The number of nitrogens with zero attached hydrogens (tertiary/aromatic N) is 1. The molecule has 0 radical (unpaired) electrons. The number of methoxy groups -OCH3 is 1. The fourth-order valence-electron chi connectivity index (χ4n) is 4.20. The number of nitriles is 1. The third kappa shape index (κ3) is 5.76. The lowest BCUT2D eigenvalue weighted by molar-refractivity contribution is -0.114. The second-order valence-electron chi connectivity index (χ2n) is 8.71. The highest BCUT2D eigenvalue weighted by Crippen LogP contribution is 2.42. The van der Waals surface area contributed by atoms with Crippen LogP contribution in [0.15, 0.2) is 87.0 Å². The minimum absolute atomic E-state index is 0.0712. The van der Waals surface area contributed by atoms with Gasteiger partial charge >= 0.3 is 0 Å². The lowest BCUT2D eigenvalue weighted by atomic mass is 9.85. The number of amides is 2. The average molecular weight is 529 g/mol. The average Bonchev–Trinajstić information content (AvgIpc) is 3.34. The number of benzene rings is 2. The number of carbonyl (C=O) groups excluding carboxylic acids is 2. The summed E-state index contributed by atoms with van der Waals surface area (Å²) in [7, 11) is 1.53. The second kappa shape index (κ2) is 11.8. The number of nitrogens with one attached hydrogen (secondary N) is 3. The van der Waals surface area contributed by atoms with Gasteiger partial charge in [0, 0.05) is 11.4 Å². The SMILES string of the molecule is COc1ccccc1NC(=O)C1=C(C)NC(SCC(=O)Nc2ccccc2C)=C(C#N)[C@H]1c1ccc(C)o1. The zero-order chi connectivity index (χ0) is 27.2. The third-order valence-corrected chi connectivity index (χ3v) is 7.08. The van der Waals surface area contributed by atoms with Gasteiger partial charge in [-0.25, -0.2) is 0 Å². The van der Waals surface area contributed by atoms with Gasteiger partial charge in [-0.2, -0.15) is 5.26 Å². The highest BCUT2D eigenvalue weighted by atomic mass is 32.2. The van der Waals surface area contributed by atoms with Gasteiger partial charge in [-0.05, 0) is 56.7 Å². The highest BCUT2D eigenvalue weighted by molar-refractivity contribution is 8.03. The first kappa shape index (κ1) is 26.6. The molecule has 4 rings (SSSR count). The number of rotatable bonds is 8. The zero-order valence-electron chi connectivity index (χ0n) is 21.5. The van der Waals surface area contributed by atoms with Crippen LogP contribution in [-0.4, -0.2) is 24.7 Å². The quantitative estimate of drug-likeness (QED) is 0.348. The summed E-state index contributed by atoms with van der Waals surface area (Å²) in [6.45, 7) is 5.49. The predicted molar refractivity (Wildman–Crippen MR) is 149 cm³/mol. The molecule has 2 amide bonds. The van der Waals surface area contributed by atoms with Crippen LogP contribution >= 0.6 is 11.8 Å². The molecule has 0 saturated heterocycles. The van der Waals surface area contributed by atoms with Crippen LogP contribution in [0.4, 0.5) is 11.4 Å². The molecule has 0 saturated carbocycles. The zero-order valence-corrected chi connectivity index (χ0v) is 22.4. The number of carbonyl (C=O) groups is 2. The summed E-state index contributed by atoms with van der Waals surface area (Å²) in [5.74, 6) is 0.348. The fraction of sp³-hybridized carbons (Fsp3) is 0.207. The van der Waals surface area contributed by atoms with E-state index in [1.54, 1.807) is 44.2 Å². The second-order valence-corrected chi connectivity index (χ2v) is 9.69. The van der Waals surface area contributed by atoms with Gasteiger partial charge in [-0.1, -0.05) is 42.1 Å². The first-order valence-electron chi connectivity index (χ1n) is 11.9. The Bertz CT molecular complexity index is 1480. The van der Waals surface area contributed by atoms with Gasteiger partial charge < -0.3 is 25.1 Å². The molecule has 3 aromatic rings. The van der Waals surface area contributed by atoms with Crippen LogP contribution in [-0.2, 0) is 9.59 Å². The molecule has 38 heavy (non-hydrogen) atoms. The van der Waals surface area contributed by atoms with Crippen molar-refractivity contribution in [2.75, 3.05) is 23.5 Å². The topological polar surface area (TPSA) is 116 Å². The van der Waals surface area contributed by atoms with Crippen LogP contribution in [0.25, 0.3) is 0 Å². The molecule has 2 heterocycles. The third-order valence-electron chi connectivity index (χ3n) is 6.06. The number of anilines is 2. The van der Waals surface area contributed by atoms with Crippen molar-refractivity contribution in [3.05, 3.63) is 99.6 Å². The molecule has 1 aliphatic rings. The molecule has 194 valence electrons. The van der Waals surface area contributed by atoms with Crippen LogP contribution in [0.1, 0.15) is 29.9 Å². The molecule has 0 fully saturated rings. The Morgan fingerprint density at radius 3 is 2.39 bits per heavy atom. The van der Waals surface area contributed by atoms with E-state index in [1.807, 2.05) is 37.3 Å². The molecule has 0 unspecified atom stereocenters. The Balaban J connectivity index is 1.63. The van der Waals surface area contributed by atoms with Gasteiger partial charge in [0.05, 0.1) is 46.7 Å². The lowest BCUT2D eigenvalue weighted by Gasteiger charge is -2.28. The van der Waals surface area contributed by atoms with Crippen LogP contribution in [0, 0.1) is 25.2 Å². The molecule has 0 spiro atoms. The van der Waals surface area contributed by atoms with Crippen molar-refractivity contribution in [3.8, 4) is 11.8 Å². The molecule has 3 N–H and O–H groups in total. The smallest absolute Gasteiger partial charge is 0.254 e. The van der Waals surface area contributed by atoms with E-state index in [4.69, 9.17) is 9.15 Å². The van der Waals surface area contributed by atoms with E-state index in [0.717, 1.165) is 11.3 Å². The lowest BCUT2D eigenvalue weighted by Crippen LogP contribution is -2.31. The van der Waals surface area contributed by atoms with E-state index in [0.29, 0.717) is 44.8 Å². The van der Waals surface area contributed by atoms with Gasteiger partial charge in [-0.3, -0.25) is 9.59 Å². The minimum atomic E-state index is -0.758. The Kier molecular flexibility index (Phi) is 8.24. The van der Waals surface area contributed by atoms with Gasteiger partial charge in [0.1, 0.15) is 17.3 Å². The molecule has 0 bridgehead atoms.